The third-order valence-corrected chi connectivity index (χ3v) is 4.64. The van der Waals surface area contributed by atoms with Crippen LogP contribution in [0, 0.1) is 0 Å². The molecule has 0 spiro atoms. The minimum absolute atomic E-state index is 0.247. The molecule has 29 heavy (non-hydrogen) atoms. The van der Waals surface area contributed by atoms with E-state index < -0.39 is 23.8 Å². The summed E-state index contributed by atoms with van der Waals surface area (Å²) >= 11 is 0. The molecule has 6 heteroatoms. The summed E-state index contributed by atoms with van der Waals surface area (Å²) in [6, 6.07) is 14.1. The molecule has 0 saturated carbocycles. The second-order valence-corrected chi connectivity index (χ2v) is 7.95. The van der Waals surface area contributed by atoms with Crippen molar-refractivity contribution in [1.29, 1.82) is 0 Å². The molecule has 2 aromatic rings. The van der Waals surface area contributed by atoms with Crippen LogP contribution in [-0.2, 0) is 4.74 Å². The molecule has 2 N–H and O–H groups in total. The van der Waals surface area contributed by atoms with Gasteiger partial charge in [-0.1, -0.05) is 31.2 Å². The van der Waals surface area contributed by atoms with Crippen LogP contribution in [0.4, 0.5) is 4.79 Å². The van der Waals surface area contributed by atoms with Crippen LogP contribution in [0.3, 0.4) is 0 Å². The number of alkyl carbamates (subject to hydrolysis) is 1. The average Bonchev–Trinajstić information content (AvgIpc) is 2.70. The molecule has 2 aromatic carbocycles. The summed E-state index contributed by atoms with van der Waals surface area (Å²) in [6.07, 6.45) is -1.47. The van der Waals surface area contributed by atoms with Crippen LogP contribution in [0.25, 0.3) is 0 Å². The highest BCUT2D eigenvalue weighted by molar-refractivity contribution is 5.68. The summed E-state index contributed by atoms with van der Waals surface area (Å²) in [4.78, 5) is 12.4. The molecule has 0 aromatic heterocycles. The average molecular weight is 402 g/mol. The highest BCUT2D eigenvalue weighted by Crippen LogP contribution is 2.31. The minimum atomic E-state index is -0.885. The van der Waals surface area contributed by atoms with Gasteiger partial charge in [-0.25, -0.2) is 4.79 Å². The number of benzene rings is 2. The lowest BCUT2D eigenvalue weighted by atomic mass is 9.87. The molecule has 2 unspecified atom stereocenters. The number of hydrogen-bond donors (Lipinski definition) is 2. The van der Waals surface area contributed by atoms with Crippen LogP contribution in [0.5, 0.6) is 11.5 Å². The van der Waals surface area contributed by atoms with Gasteiger partial charge in [-0.05, 0) is 56.2 Å². The zero-order valence-electron chi connectivity index (χ0n) is 17.9. The van der Waals surface area contributed by atoms with E-state index in [1.54, 1.807) is 47.1 Å². The zero-order chi connectivity index (χ0) is 21.6. The van der Waals surface area contributed by atoms with Gasteiger partial charge in [0.1, 0.15) is 17.1 Å². The van der Waals surface area contributed by atoms with Gasteiger partial charge in [0.2, 0.25) is 0 Å². The van der Waals surface area contributed by atoms with E-state index in [1.165, 1.54) is 0 Å². The molecular formula is C23H31NO5. The van der Waals surface area contributed by atoms with Gasteiger partial charge in [-0.2, -0.15) is 0 Å². The Labute approximate surface area is 172 Å². The Kier molecular flexibility index (Phi) is 7.51. The number of rotatable bonds is 7. The smallest absolute Gasteiger partial charge is 0.408 e. The second-order valence-electron chi connectivity index (χ2n) is 7.95. The first-order chi connectivity index (χ1) is 13.6. The highest BCUT2D eigenvalue weighted by atomic mass is 16.6. The molecule has 0 aliphatic carbocycles. The first-order valence-electron chi connectivity index (χ1n) is 9.60. The minimum Gasteiger partial charge on any atom is -0.497 e. The molecule has 0 bridgehead atoms. The summed E-state index contributed by atoms with van der Waals surface area (Å²) in [5.74, 6) is 1.19. The Balaban J connectivity index is 2.29. The topological polar surface area (TPSA) is 77.0 Å². The third-order valence-electron chi connectivity index (χ3n) is 4.64. The van der Waals surface area contributed by atoms with Gasteiger partial charge >= 0.3 is 6.09 Å². The normalized spacial score (nSPS) is 14.4. The molecule has 1 amide bonds. The van der Waals surface area contributed by atoms with Crippen molar-refractivity contribution >= 4 is 6.09 Å². The molecule has 2 rings (SSSR count). The largest absolute Gasteiger partial charge is 0.497 e. The van der Waals surface area contributed by atoms with E-state index in [0.717, 1.165) is 16.9 Å². The van der Waals surface area contributed by atoms with Gasteiger partial charge in [-0.15, -0.1) is 0 Å². The van der Waals surface area contributed by atoms with Gasteiger partial charge in [0.15, 0.2) is 0 Å². The lowest BCUT2D eigenvalue weighted by molar-refractivity contribution is 0.0394. The highest BCUT2D eigenvalue weighted by Gasteiger charge is 2.30. The van der Waals surface area contributed by atoms with Gasteiger partial charge in [0.25, 0.3) is 0 Å². The molecule has 0 radical (unpaired) electrons. The Hall–Kier alpha value is -2.73. The van der Waals surface area contributed by atoms with Gasteiger partial charge in [0.05, 0.1) is 26.4 Å². The van der Waals surface area contributed by atoms with Gasteiger partial charge < -0.3 is 24.6 Å². The SMILES string of the molecule is COc1ccc(C(NC(=O)OC(C)(C)C)C(O)[C@H](C)c2ccc(OC)cc2)cc1. The first kappa shape index (κ1) is 22.6. The fourth-order valence-electron chi connectivity index (χ4n) is 3.00. The fraction of sp³-hybridized carbons (Fsp3) is 0.435. The number of ether oxygens (including phenoxy) is 3. The number of aliphatic hydroxyl groups excluding tert-OH is 1. The Morgan fingerprint density at radius 1 is 0.897 bits per heavy atom. The molecule has 0 heterocycles. The summed E-state index contributed by atoms with van der Waals surface area (Å²) in [7, 11) is 3.20. The van der Waals surface area contributed by atoms with Crippen molar-refractivity contribution in [2.45, 2.75) is 51.4 Å². The van der Waals surface area contributed by atoms with Crippen LogP contribution >= 0.6 is 0 Å². The molecular weight excluding hydrogens is 370 g/mol. The standard InChI is InChI=1S/C23H31NO5/c1-15(16-7-11-18(27-5)12-8-16)21(25)20(24-22(26)29-23(2,3)4)17-9-13-19(28-6)14-10-17/h7-15,20-21,25H,1-6H3,(H,24,26)/t15-,20?,21?/m1/s1. The Bertz CT molecular complexity index is 780. The molecule has 0 fully saturated rings. The number of nitrogens with one attached hydrogen (secondary N) is 1. The molecule has 0 aliphatic rings. The second kappa shape index (κ2) is 9.65. The molecule has 6 nitrogen and oxygen atoms in total. The third kappa shape index (κ3) is 6.39. The predicted molar refractivity (Wildman–Crippen MR) is 113 cm³/mol. The van der Waals surface area contributed by atoms with Crippen molar-refractivity contribution < 1.29 is 24.1 Å². The van der Waals surface area contributed by atoms with Crippen molar-refractivity contribution in [3.8, 4) is 11.5 Å². The van der Waals surface area contributed by atoms with E-state index in [2.05, 4.69) is 5.32 Å². The van der Waals surface area contributed by atoms with Crippen molar-refractivity contribution in [2.75, 3.05) is 14.2 Å². The van der Waals surface area contributed by atoms with E-state index >= 15 is 0 Å². The lowest BCUT2D eigenvalue weighted by Gasteiger charge is -2.30. The number of methoxy groups -OCH3 is 2. The van der Waals surface area contributed by atoms with Gasteiger partial charge in [0, 0.05) is 5.92 Å². The van der Waals surface area contributed by atoms with Crippen LogP contribution in [0.15, 0.2) is 48.5 Å². The number of hydrogen-bond acceptors (Lipinski definition) is 5. The maximum absolute atomic E-state index is 12.4. The van der Waals surface area contributed by atoms with Crippen molar-refractivity contribution in [1.82, 2.24) is 5.32 Å². The van der Waals surface area contributed by atoms with Crippen LogP contribution in [-0.4, -0.2) is 37.1 Å². The van der Waals surface area contributed by atoms with E-state index in [9.17, 15) is 9.90 Å². The van der Waals surface area contributed by atoms with Crippen molar-refractivity contribution in [2.24, 2.45) is 0 Å². The van der Waals surface area contributed by atoms with E-state index in [0.29, 0.717) is 5.75 Å². The molecule has 3 atom stereocenters. The summed E-state index contributed by atoms with van der Waals surface area (Å²) in [5.41, 5.74) is 1.05. The van der Waals surface area contributed by atoms with Gasteiger partial charge in [-0.3, -0.25) is 0 Å². The molecule has 0 aliphatic heterocycles. The lowest BCUT2D eigenvalue weighted by Crippen LogP contribution is -2.41. The summed E-state index contributed by atoms with van der Waals surface area (Å²) in [6.45, 7) is 7.31. The van der Waals surface area contributed by atoms with E-state index in [-0.39, 0.29) is 5.92 Å². The van der Waals surface area contributed by atoms with Crippen molar-refractivity contribution in [3.05, 3.63) is 59.7 Å². The van der Waals surface area contributed by atoms with Crippen LogP contribution in [0.2, 0.25) is 0 Å². The monoisotopic (exact) mass is 401 g/mol. The predicted octanol–water partition coefficient (Wildman–Crippen LogP) is 4.43. The number of aliphatic hydroxyl groups is 1. The zero-order valence-corrected chi connectivity index (χ0v) is 17.9. The van der Waals surface area contributed by atoms with E-state index in [1.807, 2.05) is 43.3 Å². The maximum Gasteiger partial charge on any atom is 0.408 e. The van der Waals surface area contributed by atoms with Crippen LogP contribution in [0.1, 0.15) is 50.8 Å². The first-order valence-corrected chi connectivity index (χ1v) is 9.60. The fourth-order valence-corrected chi connectivity index (χ4v) is 3.00. The summed E-state index contributed by atoms with van der Waals surface area (Å²) < 4.78 is 15.8. The van der Waals surface area contributed by atoms with Crippen molar-refractivity contribution in [3.63, 3.8) is 0 Å². The maximum atomic E-state index is 12.4. The van der Waals surface area contributed by atoms with E-state index in [4.69, 9.17) is 14.2 Å². The molecule has 0 saturated heterocycles. The quantitative estimate of drug-likeness (QED) is 0.717. The number of carbonyl (C=O) groups excluding carboxylic acids is 1. The van der Waals surface area contributed by atoms with Crippen LogP contribution < -0.4 is 14.8 Å². The molecule has 158 valence electrons. The number of carbonyl (C=O) groups is 1. The Morgan fingerprint density at radius 2 is 1.34 bits per heavy atom. The Morgan fingerprint density at radius 3 is 1.76 bits per heavy atom. The summed E-state index contributed by atoms with van der Waals surface area (Å²) in [5, 5.41) is 14.0. The number of amides is 1.